The zero-order valence-electron chi connectivity index (χ0n) is 8.27. The fourth-order valence-corrected chi connectivity index (χ4v) is 1.64. The zero-order chi connectivity index (χ0) is 11.4. The summed E-state index contributed by atoms with van der Waals surface area (Å²) >= 11 is 1.35. The smallest absolute Gasteiger partial charge is 0.328 e. The highest BCUT2D eigenvalue weighted by Crippen LogP contribution is 2.20. The minimum absolute atomic E-state index is 0.477. The molecule has 1 amide bonds. The van der Waals surface area contributed by atoms with Gasteiger partial charge in [-0.05, 0) is 13.8 Å². The Kier molecular flexibility index (Phi) is 3.56. The van der Waals surface area contributed by atoms with Crippen molar-refractivity contribution < 1.29 is 14.7 Å². The number of carboxylic acid groups (broad SMARTS) is 1. The molecule has 0 saturated heterocycles. The summed E-state index contributed by atoms with van der Waals surface area (Å²) in [5, 5.41) is 11.3. The van der Waals surface area contributed by atoms with E-state index in [1.165, 1.54) is 11.3 Å². The van der Waals surface area contributed by atoms with Crippen molar-refractivity contribution in [2.45, 2.75) is 13.8 Å². The standard InChI is InChI=1S/C9H10N2O3S/c1-5-6(2)15-9(10-5)11-7(12)3-4-8(13)14/h3-4H,1-2H3,(H,13,14)(H,10,11,12). The third-order valence-electron chi connectivity index (χ3n) is 1.64. The molecule has 1 aromatic rings. The van der Waals surface area contributed by atoms with E-state index in [0.717, 1.165) is 22.7 Å². The number of hydrogen-bond donors (Lipinski definition) is 2. The van der Waals surface area contributed by atoms with Crippen LogP contribution in [0, 0.1) is 13.8 Å². The Morgan fingerprint density at radius 1 is 1.40 bits per heavy atom. The molecule has 0 bridgehead atoms. The fourth-order valence-electron chi connectivity index (χ4n) is 0.820. The number of anilines is 1. The van der Waals surface area contributed by atoms with Crippen molar-refractivity contribution >= 4 is 28.3 Å². The van der Waals surface area contributed by atoms with Crippen LogP contribution in [0.3, 0.4) is 0 Å². The number of carbonyl (C=O) groups is 2. The van der Waals surface area contributed by atoms with Gasteiger partial charge >= 0.3 is 5.97 Å². The monoisotopic (exact) mass is 226 g/mol. The van der Waals surface area contributed by atoms with Crippen LogP contribution < -0.4 is 5.32 Å². The number of thiazole rings is 1. The van der Waals surface area contributed by atoms with Crippen molar-refractivity contribution in [2.75, 3.05) is 5.32 Å². The Hall–Kier alpha value is -1.69. The maximum atomic E-state index is 11.1. The molecule has 0 aromatic carbocycles. The maximum Gasteiger partial charge on any atom is 0.328 e. The SMILES string of the molecule is Cc1nc(NC(=O)C=CC(=O)O)sc1C. The van der Waals surface area contributed by atoms with E-state index in [1.54, 1.807) is 0 Å². The van der Waals surface area contributed by atoms with Crippen LogP contribution in [0.4, 0.5) is 5.13 Å². The lowest BCUT2D eigenvalue weighted by Gasteiger charge is -1.93. The van der Waals surface area contributed by atoms with Gasteiger partial charge in [0.1, 0.15) is 0 Å². The molecule has 1 heterocycles. The number of carbonyl (C=O) groups excluding carboxylic acids is 1. The van der Waals surface area contributed by atoms with Crippen LogP contribution in [0.2, 0.25) is 0 Å². The molecule has 5 nitrogen and oxygen atoms in total. The fraction of sp³-hybridized carbons (Fsp3) is 0.222. The molecular formula is C9H10N2O3S. The van der Waals surface area contributed by atoms with Crippen LogP contribution in [0.1, 0.15) is 10.6 Å². The summed E-state index contributed by atoms with van der Waals surface area (Å²) in [5.41, 5.74) is 0.859. The van der Waals surface area contributed by atoms with Crippen molar-refractivity contribution in [1.29, 1.82) is 0 Å². The molecule has 0 aliphatic rings. The van der Waals surface area contributed by atoms with Crippen molar-refractivity contribution in [1.82, 2.24) is 4.98 Å². The second-order valence-corrected chi connectivity index (χ2v) is 4.02. The Bertz CT molecular complexity index is 403. The molecule has 0 aliphatic heterocycles. The van der Waals surface area contributed by atoms with E-state index in [2.05, 4.69) is 10.3 Å². The van der Waals surface area contributed by atoms with Crippen molar-refractivity contribution in [3.8, 4) is 0 Å². The van der Waals surface area contributed by atoms with Gasteiger partial charge in [-0.15, -0.1) is 11.3 Å². The van der Waals surface area contributed by atoms with E-state index in [1.807, 2.05) is 13.8 Å². The molecule has 0 radical (unpaired) electrons. The highest BCUT2D eigenvalue weighted by atomic mass is 32.1. The summed E-state index contributed by atoms with van der Waals surface area (Å²) < 4.78 is 0. The van der Waals surface area contributed by atoms with Gasteiger partial charge in [-0.2, -0.15) is 0 Å². The van der Waals surface area contributed by atoms with Gasteiger partial charge in [-0.1, -0.05) is 0 Å². The Balaban J connectivity index is 2.63. The largest absolute Gasteiger partial charge is 0.478 e. The molecule has 6 heteroatoms. The van der Waals surface area contributed by atoms with E-state index in [0.29, 0.717) is 5.13 Å². The summed E-state index contributed by atoms with van der Waals surface area (Å²) in [6, 6.07) is 0. The Morgan fingerprint density at radius 3 is 2.53 bits per heavy atom. The first-order valence-corrected chi connectivity index (χ1v) is 4.96. The van der Waals surface area contributed by atoms with E-state index in [-0.39, 0.29) is 0 Å². The van der Waals surface area contributed by atoms with Gasteiger partial charge in [0, 0.05) is 17.0 Å². The second kappa shape index (κ2) is 4.70. The summed E-state index contributed by atoms with van der Waals surface area (Å²) in [7, 11) is 0. The number of aliphatic carboxylic acids is 1. The summed E-state index contributed by atoms with van der Waals surface area (Å²) in [6.45, 7) is 3.74. The van der Waals surface area contributed by atoms with Crippen molar-refractivity contribution in [3.05, 3.63) is 22.7 Å². The van der Waals surface area contributed by atoms with Gasteiger partial charge in [0.15, 0.2) is 5.13 Å². The summed E-state index contributed by atoms with van der Waals surface area (Å²) in [4.78, 5) is 26.4. The van der Waals surface area contributed by atoms with Gasteiger partial charge in [-0.3, -0.25) is 10.1 Å². The van der Waals surface area contributed by atoms with Crippen LogP contribution in [-0.4, -0.2) is 22.0 Å². The number of nitrogens with one attached hydrogen (secondary N) is 1. The molecule has 0 fully saturated rings. The lowest BCUT2D eigenvalue weighted by Crippen LogP contribution is -2.08. The second-order valence-electron chi connectivity index (χ2n) is 2.82. The number of hydrogen-bond acceptors (Lipinski definition) is 4. The molecule has 2 N–H and O–H groups in total. The van der Waals surface area contributed by atoms with Crippen LogP contribution >= 0.6 is 11.3 Å². The normalized spacial score (nSPS) is 10.5. The lowest BCUT2D eigenvalue weighted by atomic mass is 10.4. The highest BCUT2D eigenvalue weighted by molar-refractivity contribution is 7.15. The molecule has 0 spiro atoms. The van der Waals surface area contributed by atoms with Crippen LogP contribution in [0.5, 0.6) is 0 Å². The first-order chi connectivity index (χ1) is 6.99. The van der Waals surface area contributed by atoms with E-state index >= 15 is 0 Å². The molecule has 80 valence electrons. The molecular weight excluding hydrogens is 216 g/mol. The minimum atomic E-state index is -1.16. The van der Waals surface area contributed by atoms with Crippen molar-refractivity contribution in [2.24, 2.45) is 0 Å². The molecule has 0 unspecified atom stereocenters. The zero-order valence-corrected chi connectivity index (χ0v) is 9.09. The molecule has 0 atom stereocenters. The van der Waals surface area contributed by atoms with Gasteiger partial charge in [0.05, 0.1) is 5.69 Å². The van der Waals surface area contributed by atoms with E-state index in [4.69, 9.17) is 5.11 Å². The minimum Gasteiger partial charge on any atom is -0.478 e. The molecule has 15 heavy (non-hydrogen) atoms. The van der Waals surface area contributed by atoms with Gasteiger partial charge in [0.2, 0.25) is 5.91 Å². The molecule has 0 aliphatic carbocycles. The highest BCUT2D eigenvalue weighted by Gasteiger charge is 2.05. The predicted octanol–water partition coefficient (Wildman–Crippen LogP) is 1.34. The number of nitrogens with zero attached hydrogens (tertiary/aromatic N) is 1. The number of aryl methyl sites for hydroxylation is 2. The van der Waals surface area contributed by atoms with E-state index in [9.17, 15) is 9.59 Å². The third-order valence-corrected chi connectivity index (χ3v) is 2.62. The van der Waals surface area contributed by atoms with Crippen LogP contribution in [-0.2, 0) is 9.59 Å². The summed E-state index contributed by atoms with van der Waals surface area (Å²) in [6.07, 6.45) is 1.73. The van der Waals surface area contributed by atoms with Gasteiger partial charge in [-0.25, -0.2) is 9.78 Å². The first kappa shape index (κ1) is 11.4. The van der Waals surface area contributed by atoms with Crippen molar-refractivity contribution in [3.63, 3.8) is 0 Å². The van der Waals surface area contributed by atoms with Gasteiger partial charge in [0.25, 0.3) is 0 Å². The Labute approximate surface area is 90.5 Å². The predicted molar refractivity (Wildman–Crippen MR) is 57.0 cm³/mol. The van der Waals surface area contributed by atoms with Gasteiger partial charge < -0.3 is 5.11 Å². The van der Waals surface area contributed by atoms with Crippen LogP contribution in [0.25, 0.3) is 0 Å². The molecule has 1 aromatic heterocycles. The number of carboxylic acids is 1. The first-order valence-electron chi connectivity index (χ1n) is 4.15. The topological polar surface area (TPSA) is 79.3 Å². The quantitative estimate of drug-likeness (QED) is 0.762. The maximum absolute atomic E-state index is 11.1. The number of amides is 1. The number of aromatic nitrogens is 1. The molecule has 1 rings (SSSR count). The summed E-state index contributed by atoms with van der Waals surface area (Å²) in [5.74, 6) is -1.65. The lowest BCUT2D eigenvalue weighted by molar-refractivity contribution is -0.131. The van der Waals surface area contributed by atoms with Crippen LogP contribution in [0.15, 0.2) is 12.2 Å². The van der Waals surface area contributed by atoms with E-state index < -0.39 is 11.9 Å². The average molecular weight is 226 g/mol. The number of rotatable bonds is 3. The Morgan fingerprint density at radius 2 is 2.07 bits per heavy atom. The average Bonchev–Trinajstić information content (AvgIpc) is 2.42. The molecule has 0 saturated carbocycles. The third kappa shape index (κ3) is 3.51.